The number of nitrogens with zero attached hydrogens (tertiary/aromatic N) is 2. The summed E-state index contributed by atoms with van der Waals surface area (Å²) in [5.74, 6) is 0.376. The Hall–Kier alpha value is -1.10. The maximum absolute atomic E-state index is 9.65. The average molecular weight is 329 g/mol. The van der Waals surface area contributed by atoms with Crippen molar-refractivity contribution in [1.82, 2.24) is 15.3 Å². The van der Waals surface area contributed by atoms with E-state index in [0.29, 0.717) is 18.0 Å². The molecule has 2 aliphatic heterocycles. The molecule has 4 rings (SSSR count). The van der Waals surface area contributed by atoms with Gasteiger partial charge in [-0.2, -0.15) is 0 Å². The lowest BCUT2D eigenvalue weighted by Gasteiger charge is -2.39. The van der Waals surface area contributed by atoms with Crippen LogP contribution >= 0.6 is 0 Å². The van der Waals surface area contributed by atoms with Crippen molar-refractivity contribution >= 4 is 0 Å². The highest BCUT2D eigenvalue weighted by Gasteiger charge is 2.37. The van der Waals surface area contributed by atoms with Crippen molar-refractivity contribution in [1.29, 1.82) is 0 Å². The van der Waals surface area contributed by atoms with Crippen molar-refractivity contribution < 1.29 is 5.11 Å². The van der Waals surface area contributed by atoms with Crippen molar-refractivity contribution in [3.8, 4) is 5.75 Å². The topological polar surface area (TPSA) is 38.7 Å². The highest BCUT2D eigenvalue weighted by molar-refractivity contribution is 5.27. The van der Waals surface area contributed by atoms with Crippen LogP contribution in [0.3, 0.4) is 0 Å². The van der Waals surface area contributed by atoms with Crippen LogP contribution in [0.5, 0.6) is 5.75 Å². The van der Waals surface area contributed by atoms with Crippen molar-refractivity contribution in [3.05, 3.63) is 29.8 Å². The van der Waals surface area contributed by atoms with E-state index in [-0.39, 0.29) is 0 Å². The lowest BCUT2D eigenvalue weighted by atomic mass is 9.94. The molecule has 1 aliphatic carbocycles. The van der Waals surface area contributed by atoms with Crippen LogP contribution in [-0.2, 0) is 6.42 Å². The Morgan fingerprint density at radius 3 is 2.71 bits per heavy atom. The Morgan fingerprint density at radius 1 is 1.00 bits per heavy atom. The van der Waals surface area contributed by atoms with E-state index < -0.39 is 0 Å². The Balaban J connectivity index is 1.35. The molecule has 3 aliphatic rings. The second kappa shape index (κ2) is 7.42. The van der Waals surface area contributed by atoms with Crippen LogP contribution in [-0.4, -0.2) is 46.4 Å². The van der Waals surface area contributed by atoms with E-state index in [1.165, 1.54) is 63.5 Å². The fraction of sp³-hybridized carbons (Fsp3) is 0.700. The lowest BCUT2D eigenvalue weighted by molar-refractivity contribution is 0.0152. The van der Waals surface area contributed by atoms with Crippen LogP contribution < -0.4 is 5.43 Å². The molecule has 132 valence electrons. The van der Waals surface area contributed by atoms with Gasteiger partial charge in [-0.1, -0.05) is 31.4 Å². The quantitative estimate of drug-likeness (QED) is 0.889. The average Bonchev–Trinajstić information content (AvgIpc) is 3.24. The molecular weight excluding hydrogens is 298 g/mol. The molecule has 1 aromatic rings. The molecule has 1 aromatic carbocycles. The van der Waals surface area contributed by atoms with E-state index >= 15 is 0 Å². The van der Waals surface area contributed by atoms with E-state index in [1.807, 2.05) is 12.1 Å². The van der Waals surface area contributed by atoms with Crippen molar-refractivity contribution in [3.63, 3.8) is 0 Å². The summed E-state index contributed by atoms with van der Waals surface area (Å²) in [4.78, 5) is 2.79. The molecule has 4 heteroatoms. The molecule has 24 heavy (non-hydrogen) atoms. The van der Waals surface area contributed by atoms with Gasteiger partial charge in [0.15, 0.2) is 0 Å². The first-order valence-electron chi connectivity index (χ1n) is 9.86. The number of rotatable bonds is 4. The molecule has 0 spiro atoms. The summed E-state index contributed by atoms with van der Waals surface area (Å²) in [6.45, 7) is 2.43. The summed E-state index contributed by atoms with van der Waals surface area (Å²) in [7, 11) is 0. The number of hydrogen-bond acceptors (Lipinski definition) is 4. The molecule has 4 nitrogen and oxygen atoms in total. The Labute approximate surface area is 145 Å². The maximum atomic E-state index is 9.65. The standard InChI is InChI=1S/C20H31N3O/c24-19-9-4-6-16(15-19)14-17-11-13-23(21-17)20-10-5-12-22(20)18-7-2-1-3-8-18/h4,6,9,15,17-18,20-21,24H,1-3,5,7-8,10-14H2/t17?,20-/m1/s1. The van der Waals surface area contributed by atoms with Gasteiger partial charge in [0, 0.05) is 25.2 Å². The van der Waals surface area contributed by atoms with Gasteiger partial charge in [0.05, 0.1) is 6.17 Å². The van der Waals surface area contributed by atoms with Crippen LogP contribution in [0.1, 0.15) is 56.9 Å². The van der Waals surface area contributed by atoms with Crippen LogP contribution in [0.15, 0.2) is 24.3 Å². The number of hydrogen-bond donors (Lipinski definition) is 2. The molecular formula is C20H31N3O. The fourth-order valence-corrected chi connectivity index (χ4v) is 4.95. The second-order valence-corrected chi connectivity index (χ2v) is 7.83. The van der Waals surface area contributed by atoms with Gasteiger partial charge in [-0.25, -0.2) is 5.01 Å². The molecule has 0 radical (unpaired) electrons. The van der Waals surface area contributed by atoms with Gasteiger partial charge in [0.1, 0.15) is 5.75 Å². The summed E-state index contributed by atoms with van der Waals surface area (Å²) in [6.07, 6.45) is 12.5. The third-order valence-electron chi connectivity index (χ3n) is 6.12. The van der Waals surface area contributed by atoms with Gasteiger partial charge < -0.3 is 5.11 Å². The SMILES string of the molecule is Oc1cccc(CC2CCN([C@@H]3CCCN3C3CCCCC3)N2)c1. The lowest BCUT2D eigenvalue weighted by Crippen LogP contribution is -2.53. The summed E-state index contributed by atoms with van der Waals surface area (Å²) in [5, 5.41) is 12.2. The zero-order chi connectivity index (χ0) is 16.4. The molecule has 1 unspecified atom stereocenters. The van der Waals surface area contributed by atoms with Crippen LogP contribution in [0.4, 0.5) is 0 Å². The van der Waals surface area contributed by atoms with Gasteiger partial charge in [-0.05, 0) is 56.2 Å². The summed E-state index contributed by atoms with van der Waals surface area (Å²) >= 11 is 0. The van der Waals surface area contributed by atoms with E-state index in [2.05, 4.69) is 21.4 Å². The van der Waals surface area contributed by atoms with Gasteiger partial charge in [0.25, 0.3) is 0 Å². The minimum atomic E-state index is 0.376. The number of phenols is 1. The van der Waals surface area contributed by atoms with E-state index in [4.69, 9.17) is 0 Å². The predicted molar refractivity (Wildman–Crippen MR) is 96.7 cm³/mol. The molecule has 1 saturated carbocycles. The Morgan fingerprint density at radius 2 is 1.88 bits per heavy atom. The molecule has 2 heterocycles. The van der Waals surface area contributed by atoms with Gasteiger partial charge in [0.2, 0.25) is 0 Å². The first-order valence-corrected chi connectivity index (χ1v) is 9.86. The molecule has 0 bridgehead atoms. The van der Waals surface area contributed by atoms with Gasteiger partial charge in [-0.15, -0.1) is 0 Å². The molecule has 2 atom stereocenters. The fourth-order valence-electron chi connectivity index (χ4n) is 4.95. The number of likely N-dealkylation sites (tertiary alicyclic amines) is 1. The third kappa shape index (κ3) is 3.61. The molecule has 0 aromatic heterocycles. The summed E-state index contributed by atoms with van der Waals surface area (Å²) < 4.78 is 0. The van der Waals surface area contributed by atoms with Gasteiger partial charge in [-0.3, -0.25) is 10.3 Å². The largest absolute Gasteiger partial charge is 0.508 e. The highest BCUT2D eigenvalue weighted by atomic mass is 16.3. The second-order valence-electron chi connectivity index (χ2n) is 7.83. The number of nitrogens with one attached hydrogen (secondary N) is 1. The van der Waals surface area contributed by atoms with E-state index in [0.717, 1.165) is 19.0 Å². The third-order valence-corrected chi connectivity index (χ3v) is 6.12. The van der Waals surface area contributed by atoms with E-state index in [9.17, 15) is 5.11 Å². The van der Waals surface area contributed by atoms with E-state index in [1.54, 1.807) is 6.07 Å². The number of phenolic OH excluding ortho intramolecular Hbond substituents is 1. The van der Waals surface area contributed by atoms with Crippen molar-refractivity contribution in [2.45, 2.75) is 76.0 Å². The zero-order valence-corrected chi connectivity index (χ0v) is 14.7. The predicted octanol–water partition coefficient (Wildman–Crippen LogP) is 3.27. The van der Waals surface area contributed by atoms with Crippen molar-refractivity contribution in [2.24, 2.45) is 0 Å². The number of benzene rings is 1. The highest BCUT2D eigenvalue weighted by Crippen LogP contribution is 2.31. The zero-order valence-electron chi connectivity index (χ0n) is 14.7. The van der Waals surface area contributed by atoms with Crippen LogP contribution in [0, 0.1) is 0 Å². The first-order chi connectivity index (χ1) is 11.8. The Kier molecular flexibility index (Phi) is 5.06. The normalized spacial score (nSPS) is 30.2. The molecule has 0 amide bonds. The summed E-state index contributed by atoms with van der Waals surface area (Å²) in [6, 6.07) is 9.03. The summed E-state index contributed by atoms with van der Waals surface area (Å²) in [5.41, 5.74) is 5.01. The minimum Gasteiger partial charge on any atom is -0.508 e. The minimum absolute atomic E-state index is 0.376. The number of hydrazine groups is 1. The molecule has 2 saturated heterocycles. The number of aromatic hydroxyl groups is 1. The first kappa shape index (κ1) is 16.4. The molecule has 2 N–H and O–H groups in total. The van der Waals surface area contributed by atoms with Crippen molar-refractivity contribution in [2.75, 3.05) is 13.1 Å². The Bertz CT molecular complexity index is 543. The van der Waals surface area contributed by atoms with Crippen LogP contribution in [0.2, 0.25) is 0 Å². The van der Waals surface area contributed by atoms with Crippen LogP contribution in [0.25, 0.3) is 0 Å². The van der Waals surface area contributed by atoms with Gasteiger partial charge >= 0.3 is 0 Å². The monoisotopic (exact) mass is 329 g/mol. The molecule has 3 fully saturated rings. The maximum Gasteiger partial charge on any atom is 0.115 e. The smallest absolute Gasteiger partial charge is 0.115 e.